The SMILES string of the molecule is Cc1cc(C(C)NCC2(O)CCC(C)(C)CC2)c(C)s1. The Bertz CT molecular complexity index is 454. The zero-order valence-corrected chi connectivity index (χ0v) is 14.4. The maximum absolute atomic E-state index is 10.7. The van der Waals surface area contributed by atoms with Crippen molar-refractivity contribution >= 4 is 11.3 Å². The minimum atomic E-state index is -0.511. The van der Waals surface area contributed by atoms with E-state index in [2.05, 4.69) is 46.0 Å². The van der Waals surface area contributed by atoms with Crippen molar-refractivity contribution in [3.63, 3.8) is 0 Å². The summed E-state index contributed by atoms with van der Waals surface area (Å²) in [6.45, 7) is 11.9. The predicted molar refractivity (Wildman–Crippen MR) is 87.4 cm³/mol. The van der Waals surface area contributed by atoms with Crippen LogP contribution >= 0.6 is 11.3 Å². The topological polar surface area (TPSA) is 32.3 Å². The van der Waals surface area contributed by atoms with Crippen LogP contribution in [0.25, 0.3) is 0 Å². The van der Waals surface area contributed by atoms with E-state index in [1.54, 1.807) is 0 Å². The quantitative estimate of drug-likeness (QED) is 0.865. The Hall–Kier alpha value is -0.380. The summed E-state index contributed by atoms with van der Waals surface area (Å²) in [6.07, 6.45) is 4.08. The molecule has 2 nitrogen and oxygen atoms in total. The molecule has 0 saturated heterocycles. The lowest BCUT2D eigenvalue weighted by Crippen LogP contribution is -2.45. The summed E-state index contributed by atoms with van der Waals surface area (Å²) in [6, 6.07) is 2.59. The molecule has 2 N–H and O–H groups in total. The van der Waals surface area contributed by atoms with Crippen LogP contribution in [0.1, 0.15) is 67.8 Å². The van der Waals surface area contributed by atoms with Gasteiger partial charge in [-0.1, -0.05) is 13.8 Å². The van der Waals surface area contributed by atoms with Crippen molar-refractivity contribution < 1.29 is 5.11 Å². The lowest BCUT2D eigenvalue weighted by atomic mass is 9.71. The van der Waals surface area contributed by atoms with Crippen molar-refractivity contribution in [2.24, 2.45) is 5.41 Å². The van der Waals surface area contributed by atoms with Crippen LogP contribution < -0.4 is 5.32 Å². The average molecular weight is 295 g/mol. The zero-order chi connectivity index (χ0) is 15.0. The number of hydrogen-bond donors (Lipinski definition) is 2. The van der Waals surface area contributed by atoms with E-state index < -0.39 is 5.60 Å². The number of aryl methyl sites for hydroxylation is 2. The van der Waals surface area contributed by atoms with Gasteiger partial charge in [0.15, 0.2) is 0 Å². The van der Waals surface area contributed by atoms with Gasteiger partial charge >= 0.3 is 0 Å². The minimum absolute atomic E-state index is 0.318. The molecule has 1 aromatic heterocycles. The Kier molecular flexibility index (Phi) is 4.63. The fraction of sp³-hybridized carbons (Fsp3) is 0.765. The molecule has 1 aliphatic rings. The smallest absolute Gasteiger partial charge is 0.0772 e. The normalized spacial score (nSPS) is 22.7. The van der Waals surface area contributed by atoms with E-state index in [0.717, 1.165) is 25.7 Å². The number of aliphatic hydroxyl groups is 1. The van der Waals surface area contributed by atoms with Gasteiger partial charge in [0.25, 0.3) is 0 Å². The van der Waals surface area contributed by atoms with E-state index in [4.69, 9.17) is 0 Å². The van der Waals surface area contributed by atoms with Gasteiger partial charge < -0.3 is 10.4 Å². The van der Waals surface area contributed by atoms with Gasteiger partial charge in [-0.25, -0.2) is 0 Å². The van der Waals surface area contributed by atoms with Crippen molar-refractivity contribution in [3.05, 3.63) is 21.4 Å². The first-order valence-corrected chi connectivity index (χ1v) is 8.55. The highest BCUT2D eigenvalue weighted by atomic mass is 32.1. The fourth-order valence-corrected chi connectivity index (χ4v) is 4.12. The Morgan fingerprint density at radius 1 is 1.25 bits per heavy atom. The Balaban J connectivity index is 1.90. The first-order chi connectivity index (χ1) is 9.21. The summed E-state index contributed by atoms with van der Waals surface area (Å²) in [5, 5.41) is 14.3. The number of hydrogen-bond acceptors (Lipinski definition) is 3. The van der Waals surface area contributed by atoms with E-state index >= 15 is 0 Å². The fourth-order valence-electron chi connectivity index (χ4n) is 3.10. The predicted octanol–water partition coefficient (Wildman–Crippen LogP) is 4.35. The molecule has 1 aliphatic carbocycles. The highest BCUT2D eigenvalue weighted by Gasteiger charge is 2.36. The van der Waals surface area contributed by atoms with Gasteiger partial charge in [0.1, 0.15) is 0 Å². The highest BCUT2D eigenvalue weighted by Crippen LogP contribution is 2.40. The molecular formula is C17H29NOS. The standard InChI is InChI=1S/C17H29NOS/c1-12-10-15(14(3)20-12)13(2)18-11-17(19)8-6-16(4,5)7-9-17/h10,13,18-19H,6-9,11H2,1-5H3. The second-order valence-electron chi connectivity index (χ2n) is 7.36. The Morgan fingerprint density at radius 2 is 1.85 bits per heavy atom. The molecule has 1 saturated carbocycles. The summed E-state index contributed by atoms with van der Waals surface area (Å²) in [5.41, 5.74) is 1.27. The van der Waals surface area contributed by atoms with Crippen LogP contribution in [0.3, 0.4) is 0 Å². The van der Waals surface area contributed by atoms with Gasteiger partial charge in [-0.2, -0.15) is 0 Å². The van der Waals surface area contributed by atoms with Crippen LogP contribution in [0.5, 0.6) is 0 Å². The first-order valence-electron chi connectivity index (χ1n) is 7.74. The minimum Gasteiger partial charge on any atom is -0.389 e. The van der Waals surface area contributed by atoms with Crippen molar-refractivity contribution in [1.29, 1.82) is 0 Å². The summed E-state index contributed by atoms with van der Waals surface area (Å²) in [4.78, 5) is 2.75. The molecule has 0 aliphatic heterocycles. The molecule has 0 aromatic carbocycles. The lowest BCUT2D eigenvalue weighted by molar-refractivity contribution is -0.0258. The van der Waals surface area contributed by atoms with E-state index in [-0.39, 0.29) is 0 Å². The molecule has 1 heterocycles. The largest absolute Gasteiger partial charge is 0.389 e. The second-order valence-corrected chi connectivity index (χ2v) is 8.82. The molecule has 0 bridgehead atoms. The van der Waals surface area contributed by atoms with Gasteiger partial charge in [0.05, 0.1) is 5.60 Å². The molecule has 114 valence electrons. The maximum atomic E-state index is 10.7. The molecule has 1 aromatic rings. The molecule has 1 unspecified atom stereocenters. The van der Waals surface area contributed by atoms with E-state index in [0.29, 0.717) is 18.0 Å². The van der Waals surface area contributed by atoms with Crippen LogP contribution in [0.4, 0.5) is 0 Å². The molecular weight excluding hydrogens is 266 g/mol. The number of thiophene rings is 1. The van der Waals surface area contributed by atoms with Gasteiger partial charge in [-0.05, 0) is 63.5 Å². The van der Waals surface area contributed by atoms with Gasteiger partial charge in [0.2, 0.25) is 0 Å². The van der Waals surface area contributed by atoms with E-state index in [9.17, 15) is 5.11 Å². The summed E-state index contributed by atoms with van der Waals surface area (Å²) < 4.78 is 0. The third kappa shape index (κ3) is 3.84. The van der Waals surface area contributed by atoms with Gasteiger partial charge in [-0.3, -0.25) is 0 Å². The van der Waals surface area contributed by atoms with Gasteiger partial charge in [-0.15, -0.1) is 11.3 Å². The molecule has 3 heteroatoms. The van der Waals surface area contributed by atoms with Crippen molar-refractivity contribution in [2.75, 3.05) is 6.54 Å². The summed E-state index contributed by atoms with van der Waals surface area (Å²) in [5.74, 6) is 0. The second kappa shape index (κ2) is 5.78. The summed E-state index contributed by atoms with van der Waals surface area (Å²) >= 11 is 1.86. The van der Waals surface area contributed by atoms with Crippen molar-refractivity contribution in [1.82, 2.24) is 5.32 Å². The third-order valence-corrected chi connectivity index (χ3v) is 5.80. The Morgan fingerprint density at radius 3 is 2.35 bits per heavy atom. The maximum Gasteiger partial charge on any atom is 0.0772 e. The van der Waals surface area contributed by atoms with E-state index in [1.807, 2.05) is 11.3 Å². The number of nitrogens with one attached hydrogen (secondary N) is 1. The molecule has 1 fully saturated rings. The lowest BCUT2D eigenvalue weighted by Gasteiger charge is -2.40. The van der Waals surface area contributed by atoms with Crippen molar-refractivity contribution in [2.45, 2.75) is 71.9 Å². The Labute approximate surface area is 127 Å². The molecule has 1 atom stereocenters. The molecule has 0 spiro atoms. The first kappa shape index (κ1) is 16.0. The summed E-state index contributed by atoms with van der Waals surface area (Å²) in [7, 11) is 0. The van der Waals surface area contributed by atoms with Crippen LogP contribution in [0, 0.1) is 19.3 Å². The molecule has 0 radical (unpaired) electrons. The molecule has 20 heavy (non-hydrogen) atoms. The third-order valence-electron chi connectivity index (χ3n) is 4.82. The van der Waals surface area contributed by atoms with Crippen LogP contribution in [-0.4, -0.2) is 17.3 Å². The van der Waals surface area contributed by atoms with Gasteiger partial charge in [0, 0.05) is 22.3 Å². The van der Waals surface area contributed by atoms with Crippen molar-refractivity contribution in [3.8, 4) is 0 Å². The van der Waals surface area contributed by atoms with Crippen LogP contribution in [-0.2, 0) is 0 Å². The van der Waals surface area contributed by atoms with Crippen LogP contribution in [0.2, 0.25) is 0 Å². The molecule has 2 rings (SSSR count). The highest BCUT2D eigenvalue weighted by molar-refractivity contribution is 7.12. The average Bonchev–Trinajstić information content (AvgIpc) is 2.70. The van der Waals surface area contributed by atoms with E-state index in [1.165, 1.54) is 15.3 Å². The molecule has 0 amide bonds. The number of rotatable bonds is 4. The monoisotopic (exact) mass is 295 g/mol. The zero-order valence-electron chi connectivity index (χ0n) is 13.5. The van der Waals surface area contributed by atoms with Crippen LogP contribution in [0.15, 0.2) is 6.07 Å².